The molecular weight excluding hydrogens is 404 g/mol. The van der Waals surface area contributed by atoms with Crippen molar-refractivity contribution in [3.8, 4) is 6.07 Å². The maximum absolute atomic E-state index is 13.0. The number of anilines is 3. The molecule has 2 aromatic heterocycles. The molecule has 166 valence electrons. The Balaban J connectivity index is 1.43. The van der Waals surface area contributed by atoms with E-state index in [0.717, 1.165) is 12.8 Å². The van der Waals surface area contributed by atoms with Crippen LogP contribution in [0.1, 0.15) is 50.4 Å². The Labute approximate surface area is 188 Å². The first kappa shape index (κ1) is 21.8. The van der Waals surface area contributed by atoms with Crippen LogP contribution in [-0.2, 0) is 4.79 Å². The minimum Gasteiger partial charge on any atom is -0.351 e. The zero-order valence-corrected chi connectivity index (χ0v) is 18.7. The minimum atomic E-state index is -0.873. The first-order valence-corrected chi connectivity index (χ1v) is 10.9. The predicted octanol–water partition coefficient (Wildman–Crippen LogP) is 3.65. The lowest BCUT2D eigenvalue weighted by atomic mass is 9.83. The molecule has 0 unspecified atom stereocenters. The Morgan fingerprint density at radius 3 is 2.66 bits per heavy atom. The molecule has 8 heteroatoms. The van der Waals surface area contributed by atoms with Crippen molar-refractivity contribution in [2.45, 2.75) is 40.0 Å². The summed E-state index contributed by atoms with van der Waals surface area (Å²) < 4.78 is 0. The van der Waals surface area contributed by atoms with Crippen LogP contribution in [0, 0.1) is 28.1 Å². The van der Waals surface area contributed by atoms with Crippen LogP contribution in [-0.4, -0.2) is 34.9 Å². The summed E-state index contributed by atoms with van der Waals surface area (Å²) in [7, 11) is 0. The highest BCUT2D eigenvalue weighted by Crippen LogP contribution is 2.51. The molecular formula is C24H28N6O2. The molecule has 2 fully saturated rings. The molecule has 0 bridgehead atoms. The van der Waals surface area contributed by atoms with E-state index < -0.39 is 5.41 Å². The molecule has 1 aliphatic heterocycles. The molecule has 1 saturated carbocycles. The van der Waals surface area contributed by atoms with Crippen LogP contribution in [0.25, 0.3) is 0 Å². The number of pyridine rings is 2. The molecule has 1 atom stereocenters. The van der Waals surface area contributed by atoms with Gasteiger partial charge in [0.25, 0.3) is 5.91 Å². The van der Waals surface area contributed by atoms with Gasteiger partial charge < -0.3 is 15.5 Å². The van der Waals surface area contributed by atoms with Crippen molar-refractivity contribution >= 4 is 29.1 Å². The highest BCUT2D eigenvalue weighted by molar-refractivity contribution is 6.02. The van der Waals surface area contributed by atoms with Gasteiger partial charge in [-0.15, -0.1) is 0 Å². The largest absolute Gasteiger partial charge is 0.351 e. The highest BCUT2D eigenvalue weighted by Gasteiger charge is 2.56. The van der Waals surface area contributed by atoms with Gasteiger partial charge in [0.2, 0.25) is 5.91 Å². The number of amides is 2. The van der Waals surface area contributed by atoms with Crippen LogP contribution >= 0.6 is 0 Å². The summed E-state index contributed by atoms with van der Waals surface area (Å²) in [5, 5.41) is 15.7. The summed E-state index contributed by atoms with van der Waals surface area (Å²) in [5.41, 5.74) is 0.325. The van der Waals surface area contributed by atoms with Crippen LogP contribution in [0.2, 0.25) is 0 Å². The number of nitrogens with one attached hydrogen (secondary N) is 2. The first-order chi connectivity index (χ1) is 15.2. The second-order valence-electron chi connectivity index (χ2n) is 9.76. The van der Waals surface area contributed by atoms with E-state index in [4.69, 9.17) is 0 Å². The second kappa shape index (κ2) is 8.23. The van der Waals surface area contributed by atoms with Gasteiger partial charge in [-0.25, -0.2) is 9.97 Å². The fourth-order valence-corrected chi connectivity index (χ4v) is 3.97. The fourth-order valence-electron chi connectivity index (χ4n) is 3.97. The number of carbonyl (C=O) groups excluding carboxylic acids is 2. The Hall–Kier alpha value is -3.47. The van der Waals surface area contributed by atoms with Gasteiger partial charge in [-0.2, -0.15) is 5.26 Å². The molecule has 0 radical (unpaired) electrons. The summed E-state index contributed by atoms with van der Waals surface area (Å²) in [6, 6.07) is 9.29. The SMILES string of the molecule is CC(C)(C)CNC(=O)c1ccc(Nc2cc(N3CC[C@@](C#N)(C4CC4)C3=O)ccn2)nc1. The molecule has 3 heterocycles. The monoisotopic (exact) mass is 432 g/mol. The van der Waals surface area contributed by atoms with Crippen LogP contribution in [0.3, 0.4) is 0 Å². The number of nitrogens with zero attached hydrogens (tertiary/aromatic N) is 4. The number of rotatable bonds is 6. The van der Waals surface area contributed by atoms with Crippen molar-refractivity contribution in [1.82, 2.24) is 15.3 Å². The van der Waals surface area contributed by atoms with E-state index in [1.165, 1.54) is 6.20 Å². The Morgan fingerprint density at radius 2 is 2.03 bits per heavy atom. The number of aromatic nitrogens is 2. The zero-order valence-electron chi connectivity index (χ0n) is 18.7. The lowest BCUT2D eigenvalue weighted by Crippen LogP contribution is -2.35. The van der Waals surface area contributed by atoms with E-state index in [1.54, 1.807) is 35.4 Å². The number of nitriles is 1. The maximum atomic E-state index is 13.0. The molecule has 8 nitrogen and oxygen atoms in total. The van der Waals surface area contributed by atoms with Crippen LogP contribution < -0.4 is 15.5 Å². The summed E-state index contributed by atoms with van der Waals surface area (Å²) in [6.07, 6.45) is 5.62. The van der Waals surface area contributed by atoms with Crippen LogP contribution in [0.4, 0.5) is 17.3 Å². The molecule has 2 aliphatic rings. The summed E-state index contributed by atoms with van der Waals surface area (Å²) >= 11 is 0. The summed E-state index contributed by atoms with van der Waals surface area (Å²) in [5.74, 6) is 0.993. The third-order valence-electron chi connectivity index (χ3n) is 5.95. The van der Waals surface area contributed by atoms with E-state index in [2.05, 4.69) is 47.4 Å². The third kappa shape index (κ3) is 4.42. The number of carbonyl (C=O) groups is 2. The normalized spacial score (nSPS) is 20.7. The molecule has 4 rings (SSSR count). The third-order valence-corrected chi connectivity index (χ3v) is 5.95. The van der Waals surface area contributed by atoms with Crippen molar-refractivity contribution in [3.63, 3.8) is 0 Å². The predicted molar refractivity (Wildman–Crippen MR) is 121 cm³/mol. The highest BCUT2D eigenvalue weighted by atomic mass is 16.2. The van der Waals surface area contributed by atoms with E-state index in [1.807, 2.05) is 0 Å². The Kier molecular flexibility index (Phi) is 5.59. The standard InChI is InChI=1S/C24H28N6O2/c1-23(2,3)15-28-21(31)16-4-7-19(27-13-16)29-20-12-18(8-10-26-20)30-11-9-24(14-25,22(30)32)17-5-6-17/h4,7-8,10,12-13,17H,5-6,9,11,15H2,1-3H3,(H,28,31)(H,26,27,29)/t24-/m1/s1. The topological polar surface area (TPSA) is 111 Å². The van der Waals surface area contributed by atoms with Crippen molar-refractivity contribution in [2.75, 3.05) is 23.3 Å². The lowest BCUT2D eigenvalue weighted by molar-refractivity contribution is -0.123. The van der Waals surface area contributed by atoms with Gasteiger partial charge in [-0.05, 0) is 48.8 Å². The van der Waals surface area contributed by atoms with E-state index >= 15 is 0 Å². The van der Waals surface area contributed by atoms with Crippen molar-refractivity contribution in [2.24, 2.45) is 16.7 Å². The average Bonchev–Trinajstić information content (AvgIpc) is 3.56. The van der Waals surface area contributed by atoms with Gasteiger partial charge in [-0.1, -0.05) is 20.8 Å². The van der Waals surface area contributed by atoms with Gasteiger partial charge in [-0.3, -0.25) is 9.59 Å². The lowest BCUT2D eigenvalue weighted by Gasteiger charge is -2.21. The summed E-state index contributed by atoms with van der Waals surface area (Å²) in [4.78, 5) is 35.6. The molecule has 2 aromatic rings. The Bertz CT molecular complexity index is 1070. The van der Waals surface area contributed by atoms with Crippen molar-refractivity contribution in [1.29, 1.82) is 5.26 Å². The smallest absolute Gasteiger partial charge is 0.252 e. The minimum absolute atomic E-state index is 0.00353. The Morgan fingerprint density at radius 1 is 1.25 bits per heavy atom. The second-order valence-corrected chi connectivity index (χ2v) is 9.76. The molecule has 1 saturated heterocycles. The summed E-state index contributed by atoms with van der Waals surface area (Å²) in [6.45, 7) is 7.28. The van der Waals surface area contributed by atoms with E-state index in [-0.39, 0.29) is 23.1 Å². The van der Waals surface area contributed by atoms with E-state index in [0.29, 0.717) is 42.4 Å². The molecule has 0 spiro atoms. The van der Waals surface area contributed by atoms with Crippen LogP contribution in [0.5, 0.6) is 0 Å². The quantitative estimate of drug-likeness (QED) is 0.721. The molecule has 32 heavy (non-hydrogen) atoms. The van der Waals surface area contributed by atoms with Crippen molar-refractivity contribution < 1.29 is 9.59 Å². The maximum Gasteiger partial charge on any atom is 0.252 e. The number of hydrogen-bond donors (Lipinski definition) is 2. The van der Waals surface area contributed by atoms with Gasteiger partial charge in [0.15, 0.2) is 0 Å². The fraction of sp³-hybridized carbons (Fsp3) is 0.458. The van der Waals surface area contributed by atoms with E-state index in [9.17, 15) is 14.9 Å². The molecule has 2 amide bonds. The number of hydrogen-bond acceptors (Lipinski definition) is 6. The zero-order chi connectivity index (χ0) is 22.9. The van der Waals surface area contributed by atoms with Gasteiger partial charge >= 0.3 is 0 Å². The average molecular weight is 433 g/mol. The van der Waals surface area contributed by atoms with Crippen LogP contribution in [0.15, 0.2) is 36.7 Å². The molecule has 2 N–H and O–H groups in total. The van der Waals surface area contributed by atoms with Crippen molar-refractivity contribution in [3.05, 3.63) is 42.2 Å². The first-order valence-electron chi connectivity index (χ1n) is 10.9. The van der Waals surface area contributed by atoms with Gasteiger partial charge in [0, 0.05) is 37.2 Å². The molecule has 1 aliphatic carbocycles. The molecule has 0 aromatic carbocycles. The van der Waals surface area contributed by atoms with Gasteiger partial charge in [0.05, 0.1) is 11.6 Å². The van der Waals surface area contributed by atoms with Gasteiger partial charge in [0.1, 0.15) is 17.1 Å².